The molecule has 1 N–H and O–H groups in total. The second-order valence-corrected chi connectivity index (χ2v) is 7.70. The maximum Gasteiger partial charge on any atom is 0.262 e. The van der Waals surface area contributed by atoms with Crippen LogP contribution in [-0.2, 0) is 16.0 Å². The van der Waals surface area contributed by atoms with Crippen molar-refractivity contribution < 1.29 is 14.3 Å². The number of carbonyl (C=O) groups excluding carboxylic acids is 2. The van der Waals surface area contributed by atoms with E-state index < -0.39 is 0 Å². The maximum absolute atomic E-state index is 12.9. The summed E-state index contributed by atoms with van der Waals surface area (Å²) in [4.78, 5) is 28.7. The average molecular weight is 359 g/mol. The van der Waals surface area contributed by atoms with Crippen molar-refractivity contribution in [2.45, 2.75) is 45.7 Å². The van der Waals surface area contributed by atoms with Gasteiger partial charge in [-0.3, -0.25) is 14.5 Å². The number of fused-ring (bicyclic) bond motifs is 1. The van der Waals surface area contributed by atoms with Crippen LogP contribution in [0, 0.1) is 5.92 Å². The monoisotopic (exact) mass is 359 g/mol. The first-order valence-electron chi connectivity index (χ1n) is 9.49. The van der Waals surface area contributed by atoms with Gasteiger partial charge < -0.3 is 15.0 Å². The van der Waals surface area contributed by atoms with Gasteiger partial charge in [-0.2, -0.15) is 0 Å². The van der Waals surface area contributed by atoms with E-state index in [1.807, 2.05) is 30.1 Å². The molecule has 6 heteroatoms. The van der Waals surface area contributed by atoms with Crippen molar-refractivity contribution in [2.75, 3.05) is 32.1 Å². The molecule has 0 saturated carbocycles. The van der Waals surface area contributed by atoms with Crippen LogP contribution in [0.25, 0.3) is 0 Å². The lowest BCUT2D eigenvalue weighted by molar-refractivity contribution is -0.135. The molecule has 0 aromatic heterocycles. The summed E-state index contributed by atoms with van der Waals surface area (Å²) in [6.45, 7) is 6.58. The van der Waals surface area contributed by atoms with Crippen LogP contribution in [-0.4, -0.2) is 54.5 Å². The summed E-state index contributed by atoms with van der Waals surface area (Å²) in [5, 5.41) is 2.80. The Kier molecular flexibility index (Phi) is 5.81. The third-order valence-corrected chi connectivity index (χ3v) is 5.12. The number of benzene rings is 1. The van der Waals surface area contributed by atoms with E-state index >= 15 is 0 Å². The largest absolute Gasteiger partial charge is 0.482 e. The van der Waals surface area contributed by atoms with Crippen LogP contribution in [0.3, 0.4) is 0 Å². The number of ether oxygens (including phenoxy) is 1. The summed E-state index contributed by atoms with van der Waals surface area (Å²) < 4.78 is 5.38. The molecular weight excluding hydrogens is 330 g/mol. The number of nitrogens with one attached hydrogen (secondary N) is 1. The van der Waals surface area contributed by atoms with Gasteiger partial charge in [0.25, 0.3) is 5.91 Å². The fourth-order valence-corrected chi connectivity index (χ4v) is 3.72. The summed E-state index contributed by atoms with van der Waals surface area (Å²) >= 11 is 0. The fraction of sp³-hybridized carbons (Fsp3) is 0.600. The molecule has 2 heterocycles. The molecular formula is C20H29N3O3. The number of amides is 2. The van der Waals surface area contributed by atoms with Crippen LogP contribution in [0.5, 0.6) is 5.75 Å². The van der Waals surface area contributed by atoms with E-state index in [2.05, 4.69) is 24.1 Å². The van der Waals surface area contributed by atoms with Gasteiger partial charge in [0.1, 0.15) is 5.75 Å². The SMILES string of the molecule is CC(C)CC(N1CCCC1)N(C)C(=O)Cc1ccc2c(c1)NC(=O)CO2. The predicted octanol–water partition coefficient (Wildman–Crippen LogP) is 2.49. The maximum atomic E-state index is 12.9. The number of carbonyl (C=O) groups is 2. The van der Waals surface area contributed by atoms with E-state index in [0.717, 1.165) is 25.1 Å². The molecule has 26 heavy (non-hydrogen) atoms. The third-order valence-electron chi connectivity index (χ3n) is 5.12. The Labute approximate surface area is 155 Å². The highest BCUT2D eigenvalue weighted by atomic mass is 16.5. The molecule has 0 spiro atoms. The lowest BCUT2D eigenvalue weighted by atomic mass is 10.1. The van der Waals surface area contributed by atoms with Crippen LogP contribution >= 0.6 is 0 Å². The quantitative estimate of drug-likeness (QED) is 0.848. The first-order chi connectivity index (χ1) is 12.4. The van der Waals surface area contributed by atoms with Crippen LogP contribution in [0.4, 0.5) is 5.69 Å². The molecule has 1 fully saturated rings. The molecule has 2 aliphatic rings. The number of hydrogen-bond acceptors (Lipinski definition) is 4. The normalized spacial score (nSPS) is 18.2. The molecule has 2 amide bonds. The van der Waals surface area contributed by atoms with Gasteiger partial charge in [-0.05, 0) is 42.9 Å². The van der Waals surface area contributed by atoms with E-state index in [9.17, 15) is 9.59 Å². The predicted molar refractivity (Wildman–Crippen MR) is 101 cm³/mol. The first-order valence-corrected chi connectivity index (χ1v) is 9.49. The first kappa shape index (κ1) is 18.7. The summed E-state index contributed by atoms with van der Waals surface area (Å²) in [5.41, 5.74) is 1.53. The molecule has 0 bridgehead atoms. The van der Waals surface area contributed by atoms with E-state index in [4.69, 9.17) is 4.74 Å². The number of likely N-dealkylation sites (tertiary alicyclic amines) is 1. The van der Waals surface area contributed by atoms with E-state index in [0.29, 0.717) is 23.8 Å². The molecule has 0 radical (unpaired) electrons. The second-order valence-electron chi connectivity index (χ2n) is 7.70. The number of likely N-dealkylation sites (N-methyl/N-ethyl adjacent to an activating group) is 1. The number of nitrogens with zero attached hydrogens (tertiary/aromatic N) is 2. The zero-order valence-corrected chi connectivity index (χ0v) is 16.0. The van der Waals surface area contributed by atoms with Crippen LogP contribution in [0.15, 0.2) is 18.2 Å². The van der Waals surface area contributed by atoms with Gasteiger partial charge in [0, 0.05) is 20.1 Å². The summed E-state index contributed by atoms with van der Waals surface area (Å²) in [5.74, 6) is 1.13. The van der Waals surface area contributed by atoms with Gasteiger partial charge in [-0.25, -0.2) is 0 Å². The van der Waals surface area contributed by atoms with Crippen molar-refractivity contribution in [1.82, 2.24) is 9.80 Å². The van der Waals surface area contributed by atoms with Crippen LogP contribution < -0.4 is 10.1 Å². The number of anilines is 1. The molecule has 2 aliphatic heterocycles. The average Bonchev–Trinajstić information content (AvgIpc) is 3.12. The Balaban J connectivity index is 1.69. The molecule has 1 aromatic rings. The van der Waals surface area contributed by atoms with Crippen LogP contribution in [0.2, 0.25) is 0 Å². The lowest BCUT2D eigenvalue weighted by Crippen LogP contribution is -2.49. The Bertz CT molecular complexity index is 668. The molecule has 1 saturated heterocycles. The fourth-order valence-electron chi connectivity index (χ4n) is 3.72. The van der Waals surface area contributed by atoms with E-state index in [-0.39, 0.29) is 24.6 Å². The standard InChI is InChI=1S/C20H29N3O3/c1-14(2)10-19(23-8-4-5-9-23)22(3)20(25)12-15-6-7-17-16(11-15)21-18(24)13-26-17/h6-7,11,14,19H,4-5,8-10,12-13H2,1-3H3,(H,21,24). The topological polar surface area (TPSA) is 61.9 Å². The van der Waals surface area contributed by atoms with Gasteiger partial charge in [-0.1, -0.05) is 19.9 Å². The highest BCUT2D eigenvalue weighted by molar-refractivity contribution is 5.95. The van der Waals surface area contributed by atoms with Gasteiger partial charge in [0.15, 0.2) is 6.61 Å². The Morgan fingerprint density at radius 1 is 1.31 bits per heavy atom. The molecule has 3 rings (SSSR count). The zero-order chi connectivity index (χ0) is 18.7. The van der Waals surface area contributed by atoms with Gasteiger partial charge in [0.05, 0.1) is 18.3 Å². The van der Waals surface area contributed by atoms with Crippen molar-refractivity contribution in [3.05, 3.63) is 23.8 Å². The van der Waals surface area contributed by atoms with Crippen molar-refractivity contribution in [2.24, 2.45) is 5.92 Å². The molecule has 1 unspecified atom stereocenters. The summed E-state index contributed by atoms with van der Waals surface area (Å²) in [6, 6.07) is 5.56. The van der Waals surface area contributed by atoms with Gasteiger partial charge in [-0.15, -0.1) is 0 Å². The van der Waals surface area contributed by atoms with Gasteiger partial charge >= 0.3 is 0 Å². The summed E-state index contributed by atoms with van der Waals surface area (Å²) in [7, 11) is 1.91. The smallest absolute Gasteiger partial charge is 0.262 e. The molecule has 1 aromatic carbocycles. The second kappa shape index (κ2) is 8.08. The number of rotatable bonds is 6. The molecule has 142 valence electrons. The molecule has 0 aliphatic carbocycles. The molecule has 6 nitrogen and oxygen atoms in total. The lowest BCUT2D eigenvalue weighted by Gasteiger charge is -2.36. The van der Waals surface area contributed by atoms with Crippen molar-refractivity contribution in [3.8, 4) is 5.75 Å². The Morgan fingerprint density at radius 3 is 2.73 bits per heavy atom. The van der Waals surface area contributed by atoms with E-state index in [1.165, 1.54) is 12.8 Å². The van der Waals surface area contributed by atoms with Crippen molar-refractivity contribution in [3.63, 3.8) is 0 Å². The van der Waals surface area contributed by atoms with Crippen molar-refractivity contribution >= 4 is 17.5 Å². The minimum absolute atomic E-state index is 0.0424. The molecule has 1 atom stereocenters. The van der Waals surface area contributed by atoms with Crippen molar-refractivity contribution in [1.29, 1.82) is 0 Å². The van der Waals surface area contributed by atoms with Crippen LogP contribution in [0.1, 0.15) is 38.7 Å². The van der Waals surface area contributed by atoms with Gasteiger partial charge in [0.2, 0.25) is 5.91 Å². The summed E-state index contributed by atoms with van der Waals surface area (Å²) in [6.07, 6.45) is 3.88. The van der Waals surface area contributed by atoms with E-state index in [1.54, 1.807) is 0 Å². The Morgan fingerprint density at radius 2 is 2.04 bits per heavy atom. The zero-order valence-electron chi connectivity index (χ0n) is 16.0. The third kappa shape index (κ3) is 4.36. The minimum Gasteiger partial charge on any atom is -0.482 e. The highest BCUT2D eigenvalue weighted by Gasteiger charge is 2.29. The Hall–Kier alpha value is -2.08. The highest BCUT2D eigenvalue weighted by Crippen LogP contribution is 2.29. The number of hydrogen-bond donors (Lipinski definition) is 1. The minimum atomic E-state index is -0.163.